The number of hydrogen-bond acceptors (Lipinski definition) is 5. The second-order valence-electron chi connectivity index (χ2n) is 6.31. The molecule has 0 aliphatic rings. The molecule has 0 amide bonds. The summed E-state index contributed by atoms with van der Waals surface area (Å²) >= 11 is 0. The van der Waals surface area contributed by atoms with Gasteiger partial charge >= 0.3 is 0 Å². The van der Waals surface area contributed by atoms with Crippen LogP contribution in [0.4, 0.5) is 0 Å². The Hall–Kier alpha value is -3.80. The van der Waals surface area contributed by atoms with Crippen molar-refractivity contribution in [3.8, 4) is 11.1 Å². The average molecular weight is 354 g/mol. The molecule has 0 unspecified atom stereocenters. The van der Waals surface area contributed by atoms with Crippen molar-refractivity contribution in [3.05, 3.63) is 89.6 Å². The van der Waals surface area contributed by atoms with E-state index in [1.54, 1.807) is 41.8 Å². The van der Waals surface area contributed by atoms with Crippen molar-refractivity contribution in [2.75, 3.05) is 0 Å². The molecular formula is C21H14N4O2. The van der Waals surface area contributed by atoms with Gasteiger partial charge < -0.3 is 4.42 Å². The molecule has 0 atom stereocenters. The third-order valence-corrected chi connectivity index (χ3v) is 4.55. The molecular weight excluding hydrogens is 340 g/mol. The molecule has 0 spiro atoms. The molecule has 0 radical (unpaired) electrons. The van der Waals surface area contributed by atoms with Gasteiger partial charge in [-0.15, -0.1) is 0 Å². The molecule has 0 bridgehead atoms. The zero-order valence-corrected chi connectivity index (χ0v) is 14.2. The standard InChI is InChI=1S/C21H14N4O2/c26-21-18-4-6-22-11-19(18)24-13-25(21)12-14-2-1-3-15(8-14)17-9-16-5-7-27-20(16)23-10-17/h1-11,13H,12H2. The van der Waals surface area contributed by atoms with Gasteiger partial charge in [-0.1, -0.05) is 18.2 Å². The monoisotopic (exact) mass is 354 g/mol. The Bertz CT molecular complexity index is 1340. The van der Waals surface area contributed by atoms with Crippen molar-refractivity contribution in [3.63, 3.8) is 0 Å². The van der Waals surface area contributed by atoms with Gasteiger partial charge in [0.05, 0.1) is 36.2 Å². The fourth-order valence-electron chi connectivity index (χ4n) is 3.18. The molecule has 4 heterocycles. The quantitative estimate of drug-likeness (QED) is 0.494. The highest BCUT2D eigenvalue weighted by molar-refractivity contribution is 5.80. The highest BCUT2D eigenvalue weighted by atomic mass is 16.3. The van der Waals surface area contributed by atoms with Gasteiger partial charge in [0.15, 0.2) is 0 Å². The van der Waals surface area contributed by atoms with Crippen molar-refractivity contribution in [2.45, 2.75) is 6.54 Å². The maximum Gasteiger partial charge on any atom is 0.261 e. The number of nitrogens with zero attached hydrogens (tertiary/aromatic N) is 4. The molecule has 0 saturated carbocycles. The largest absolute Gasteiger partial charge is 0.446 e. The number of furan rings is 1. The molecule has 0 fully saturated rings. The second-order valence-corrected chi connectivity index (χ2v) is 6.31. The van der Waals surface area contributed by atoms with Gasteiger partial charge in [0.1, 0.15) is 0 Å². The second kappa shape index (κ2) is 6.17. The molecule has 0 saturated heterocycles. The van der Waals surface area contributed by atoms with Crippen LogP contribution in [0.25, 0.3) is 33.1 Å². The summed E-state index contributed by atoms with van der Waals surface area (Å²) < 4.78 is 6.91. The summed E-state index contributed by atoms with van der Waals surface area (Å²) in [7, 11) is 0. The van der Waals surface area contributed by atoms with Gasteiger partial charge in [0.25, 0.3) is 5.56 Å². The molecule has 1 aromatic carbocycles. The van der Waals surface area contributed by atoms with Crippen LogP contribution in [0.5, 0.6) is 0 Å². The molecule has 6 nitrogen and oxygen atoms in total. The van der Waals surface area contributed by atoms with Crippen LogP contribution >= 0.6 is 0 Å². The zero-order chi connectivity index (χ0) is 18.2. The van der Waals surface area contributed by atoms with Gasteiger partial charge in [-0.2, -0.15) is 0 Å². The van der Waals surface area contributed by atoms with Crippen LogP contribution < -0.4 is 5.56 Å². The molecule has 0 aliphatic heterocycles. The molecule has 4 aromatic heterocycles. The van der Waals surface area contributed by atoms with E-state index in [9.17, 15) is 4.79 Å². The van der Waals surface area contributed by atoms with Crippen LogP contribution in [-0.2, 0) is 6.54 Å². The summed E-state index contributed by atoms with van der Waals surface area (Å²) in [5, 5.41) is 1.53. The fourth-order valence-corrected chi connectivity index (χ4v) is 3.18. The highest BCUT2D eigenvalue weighted by Crippen LogP contribution is 2.24. The van der Waals surface area contributed by atoms with Gasteiger partial charge in [0.2, 0.25) is 5.71 Å². The minimum absolute atomic E-state index is 0.0747. The Morgan fingerprint density at radius 2 is 1.96 bits per heavy atom. The maximum absolute atomic E-state index is 12.7. The Morgan fingerprint density at radius 1 is 1.00 bits per heavy atom. The molecule has 6 heteroatoms. The molecule has 0 N–H and O–H groups in total. The lowest BCUT2D eigenvalue weighted by molar-refractivity contribution is 0.603. The lowest BCUT2D eigenvalue weighted by Gasteiger charge is -2.08. The fraction of sp³-hybridized carbons (Fsp3) is 0.0476. The van der Waals surface area contributed by atoms with Gasteiger partial charge in [0, 0.05) is 23.3 Å². The summed E-state index contributed by atoms with van der Waals surface area (Å²) in [5.41, 5.74) is 4.20. The van der Waals surface area contributed by atoms with E-state index in [1.807, 2.05) is 30.3 Å². The SMILES string of the molecule is O=c1c2ccncc2ncn1Cc1cccc(-c2cnc3occc3c2)c1. The van der Waals surface area contributed by atoms with Crippen LogP contribution in [0.1, 0.15) is 5.56 Å². The molecule has 130 valence electrons. The van der Waals surface area contributed by atoms with E-state index in [0.29, 0.717) is 23.2 Å². The minimum atomic E-state index is -0.0747. The minimum Gasteiger partial charge on any atom is -0.446 e. The summed E-state index contributed by atoms with van der Waals surface area (Å²) in [5.74, 6) is 0. The van der Waals surface area contributed by atoms with Crippen molar-refractivity contribution >= 4 is 22.0 Å². The number of aromatic nitrogens is 4. The van der Waals surface area contributed by atoms with E-state index >= 15 is 0 Å². The lowest BCUT2D eigenvalue weighted by atomic mass is 10.0. The Morgan fingerprint density at radius 3 is 2.93 bits per heavy atom. The van der Waals surface area contributed by atoms with Crippen molar-refractivity contribution in [1.82, 2.24) is 19.5 Å². The molecule has 0 aliphatic carbocycles. The van der Waals surface area contributed by atoms with Crippen LogP contribution in [0.15, 0.2) is 82.9 Å². The topological polar surface area (TPSA) is 73.8 Å². The number of benzene rings is 1. The first-order valence-corrected chi connectivity index (χ1v) is 8.50. The predicted molar refractivity (Wildman–Crippen MR) is 102 cm³/mol. The van der Waals surface area contributed by atoms with Gasteiger partial charge in [-0.25, -0.2) is 9.97 Å². The first-order valence-electron chi connectivity index (χ1n) is 8.50. The van der Waals surface area contributed by atoms with E-state index < -0.39 is 0 Å². The molecule has 5 rings (SSSR count). The Balaban J connectivity index is 1.52. The molecule has 5 aromatic rings. The van der Waals surface area contributed by atoms with E-state index in [2.05, 4.69) is 21.0 Å². The zero-order valence-electron chi connectivity index (χ0n) is 14.2. The predicted octanol–water partition coefficient (Wildman–Crippen LogP) is 3.65. The lowest BCUT2D eigenvalue weighted by Crippen LogP contribution is -2.21. The van der Waals surface area contributed by atoms with Gasteiger partial charge in [-0.3, -0.25) is 14.3 Å². The summed E-state index contributed by atoms with van der Waals surface area (Å²) in [6.45, 7) is 0.444. The molecule has 27 heavy (non-hydrogen) atoms. The third kappa shape index (κ3) is 2.77. The van der Waals surface area contributed by atoms with Crippen molar-refractivity contribution in [2.24, 2.45) is 0 Å². The van der Waals surface area contributed by atoms with E-state index in [1.165, 1.54) is 0 Å². The van der Waals surface area contributed by atoms with E-state index in [-0.39, 0.29) is 5.56 Å². The smallest absolute Gasteiger partial charge is 0.261 e. The average Bonchev–Trinajstić information content (AvgIpc) is 3.18. The number of pyridine rings is 2. The maximum atomic E-state index is 12.7. The first-order chi connectivity index (χ1) is 13.3. The van der Waals surface area contributed by atoms with E-state index in [0.717, 1.165) is 22.1 Å². The summed E-state index contributed by atoms with van der Waals surface area (Å²) in [6, 6.07) is 13.7. The van der Waals surface area contributed by atoms with Crippen LogP contribution in [0, 0.1) is 0 Å². The van der Waals surface area contributed by atoms with Crippen LogP contribution in [0.3, 0.4) is 0 Å². The first kappa shape index (κ1) is 15.5. The summed E-state index contributed by atoms with van der Waals surface area (Å²) in [6.07, 6.45) is 8.20. The van der Waals surface area contributed by atoms with Crippen molar-refractivity contribution < 1.29 is 4.42 Å². The number of rotatable bonds is 3. The van der Waals surface area contributed by atoms with Crippen molar-refractivity contribution in [1.29, 1.82) is 0 Å². The summed E-state index contributed by atoms with van der Waals surface area (Å²) in [4.78, 5) is 25.4. The normalized spacial score (nSPS) is 11.3. The number of fused-ring (bicyclic) bond motifs is 2. The Kier molecular flexibility index (Phi) is 3.53. The van der Waals surface area contributed by atoms with E-state index in [4.69, 9.17) is 4.42 Å². The van der Waals surface area contributed by atoms with Crippen LogP contribution in [0.2, 0.25) is 0 Å². The van der Waals surface area contributed by atoms with Crippen LogP contribution in [-0.4, -0.2) is 19.5 Å². The third-order valence-electron chi connectivity index (χ3n) is 4.55. The number of hydrogen-bond donors (Lipinski definition) is 0. The highest BCUT2D eigenvalue weighted by Gasteiger charge is 2.07. The Labute approximate surface area is 153 Å². The van der Waals surface area contributed by atoms with Gasteiger partial charge in [-0.05, 0) is 35.4 Å².